The second-order valence-corrected chi connectivity index (χ2v) is 4.53. The van der Waals surface area contributed by atoms with Crippen LogP contribution in [-0.2, 0) is 0 Å². The lowest BCUT2D eigenvalue weighted by atomic mass is 10.1. The molecule has 2 rings (SSSR count). The van der Waals surface area contributed by atoms with Crippen LogP contribution in [0.25, 0.3) is 10.9 Å². The number of fused-ring (bicyclic) bond motifs is 1. The maximum atomic E-state index is 7.76. The van der Waals surface area contributed by atoms with Crippen molar-refractivity contribution in [2.24, 2.45) is 5.73 Å². The van der Waals surface area contributed by atoms with Gasteiger partial charge in [0.2, 0.25) is 0 Å². The molecule has 0 saturated heterocycles. The Labute approximate surface area is 118 Å². The molecule has 1 aromatic carbocycles. The van der Waals surface area contributed by atoms with Gasteiger partial charge in [-0.3, -0.25) is 4.98 Å². The third kappa shape index (κ3) is 3.12. The van der Waals surface area contributed by atoms with Crippen molar-refractivity contribution in [2.45, 2.75) is 25.8 Å². The Kier molecular flexibility index (Phi) is 2.92. The fourth-order valence-corrected chi connectivity index (χ4v) is 1.94. The summed E-state index contributed by atoms with van der Waals surface area (Å²) in [4.78, 5) is 4.25. The van der Waals surface area contributed by atoms with E-state index in [9.17, 15) is 0 Å². The van der Waals surface area contributed by atoms with Gasteiger partial charge in [-0.05, 0) is 50.5 Å². The van der Waals surface area contributed by atoms with Gasteiger partial charge in [0.1, 0.15) is 0 Å². The minimum absolute atomic E-state index is 0.0616. The van der Waals surface area contributed by atoms with Crippen LogP contribution in [0.2, 0.25) is 5.02 Å². The Bertz CT molecular complexity index is 673. The van der Waals surface area contributed by atoms with Gasteiger partial charge in [0, 0.05) is 33.8 Å². The van der Waals surface area contributed by atoms with E-state index in [-0.39, 0.29) is 12.5 Å². The second kappa shape index (κ2) is 6.03. The number of hydrogen-bond donors (Lipinski definition) is 2. The molecule has 0 bridgehead atoms. The van der Waals surface area contributed by atoms with E-state index in [1.165, 1.54) is 0 Å². The molecule has 0 aliphatic heterocycles. The number of benzene rings is 1. The first-order chi connectivity index (χ1) is 10.1. The van der Waals surface area contributed by atoms with Crippen molar-refractivity contribution >= 4 is 28.2 Å². The molecule has 3 N–H and O–H groups in total. The number of aromatic nitrogens is 1. The number of nitrogens with zero attached hydrogens (tertiary/aromatic N) is 1. The molecule has 0 fully saturated rings. The second-order valence-electron chi connectivity index (χ2n) is 4.09. The van der Waals surface area contributed by atoms with Crippen LogP contribution >= 0.6 is 11.6 Å². The van der Waals surface area contributed by atoms with E-state index in [4.69, 9.17) is 22.8 Å². The monoisotopic (exact) mass is 267 g/mol. The van der Waals surface area contributed by atoms with Gasteiger partial charge in [-0.1, -0.05) is 11.6 Å². The number of anilines is 1. The third-order valence-corrected chi connectivity index (χ3v) is 2.85. The summed E-state index contributed by atoms with van der Waals surface area (Å²) in [6.45, 7) is -0.609. The minimum Gasteiger partial charge on any atom is -0.382 e. The van der Waals surface area contributed by atoms with E-state index >= 15 is 0 Å². The van der Waals surface area contributed by atoms with Crippen molar-refractivity contribution < 1.29 is 5.48 Å². The quantitative estimate of drug-likeness (QED) is 0.873. The van der Waals surface area contributed by atoms with E-state index in [1.807, 2.05) is 6.07 Å². The number of nitrogens with one attached hydrogen (secondary N) is 1. The van der Waals surface area contributed by atoms with Crippen molar-refractivity contribution in [3.05, 3.63) is 35.5 Å². The topological polar surface area (TPSA) is 50.9 Å². The summed E-state index contributed by atoms with van der Waals surface area (Å²) < 4.78 is 30.3. The Morgan fingerprint density at radius 2 is 2.33 bits per heavy atom. The van der Waals surface area contributed by atoms with E-state index < -0.39 is 12.9 Å². The molecule has 18 heavy (non-hydrogen) atoms. The van der Waals surface area contributed by atoms with E-state index in [2.05, 4.69) is 10.3 Å². The highest BCUT2D eigenvalue weighted by atomic mass is 35.5. The van der Waals surface area contributed by atoms with Crippen LogP contribution in [0.3, 0.4) is 0 Å². The van der Waals surface area contributed by atoms with Crippen LogP contribution in [0.1, 0.15) is 25.2 Å². The molecule has 1 heterocycles. The first-order valence-corrected chi connectivity index (χ1v) is 6.08. The van der Waals surface area contributed by atoms with Gasteiger partial charge in [0.15, 0.2) is 0 Å². The Morgan fingerprint density at radius 1 is 1.50 bits per heavy atom. The maximum Gasteiger partial charge on any atom is 0.0737 e. The third-order valence-electron chi connectivity index (χ3n) is 2.62. The maximum absolute atomic E-state index is 7.76. The van der Waals surface area contributed by atoms with Crippen molar-refractivity contribution in [3.8, 4) is 0 Å². The highest BCUT2D eigenvalue weighted by Gasteiger charge is 2.06. The first kappa shape index (κ1) is 8.73. The van der Waals surface area contributed by atoms with Gasteiger partial charge in [0.05, 0.1) is 5.52 Å². The first-order valence-electron chi connectivity index (χ1n) is 7.70. The van der Waals surface area contributed by atoms with Gasteiger partial charge in [-0.15, -0.1) is 0 Å². The SMILES string of the molecule is [2H]C([2H])(N)C([2H])([2H])CC(C)Nc1ccnc2cc(Cl)ccc12. The summed E-state index contributed by atoms with van der Waals surface area (Å²) in [6, 6.07) is 6.84. The number of nitrogens with two attached hydrogens (primary N) is 1. The Morgan fingerprint density at radius 3 is 3.11 bits per heavy atom. The summed E-state index contributed by atoms with van der Waals surface area (Å²) in [5, 5.41) is 4.65. The van der Waals surface area contributed by atoms with Gasteiger partial charge in [-0.2, -0.15) is 0 Å². The molecule has 1 unspecified atom stereocenters. The van der Waals surface area contributed by atoms with E-state index in [0.717, 1.165) is 16.6 Å². The number of hydrogen-bond acceptors (Lipinski definition) is 3. The molecule has 0 spiro atoms. The van der Waals surface area contributed by atoms with Gasteiger partial charge < -0.3 is 11.1 Å². The molecule has 2 aromatic rings. The predicted octanol–water partition coefficient (Wildman–Crippen LogP) is 3.43. The smallest absolute Gasteiger partial charge is 0.0737 e. The molecule has 1 aromatic heterocycles. The molecule has 0 aliphatic rings. The minimum atomic E-state index is -2.39. The van der Waals surface area contributed by atoms with Crippen LogP contribution in [0.4, 0.5) is 5.69 Å². The zero-order valence-electron chi connectivity index (χ0n) is 14.1. The molecular weight excluding hydrogens is 246 g/mol. The van der Waals surface area contributed by atoms with Gasteiger partial charge >= 0.3 is 0 Å². The Hall–Kier alpha value is -1.32. The van der Waals surface area contributed by atoms with Crippen LogP contribution in [0.15, 0.2) is 30.5 Å². The van der Waals surface area contributed by atoms with Gasteiger partial charge in [-0.25, -0.2) is 0 Å². The summed E-state index contributed by atoms with van der Waals surface area (Å²) >= 11 is 5.95. The molecule has 0 amide bonds. The van der Waals surface area contributed by atoms with Crippen molar-refractivity contribution in [1.82, 2.24) is 4.98 Å². The zero-order chi connectivity index (χ0) is 16.5. The lowest BCUT2D eigenvalue weighted by molar-refractivity contribution is 0.663. The summed E-state index contributed by atoms with van der Waals surface area (Å²) in [7, 11) is 0. The molecule has 0 saturated carbocycles. The average Bonchev–Trinajstić information content (AvgIpc) is 2.36. The van der Waals surface area contributed by atoms with Crippen LogP contribution < -0.4 is 11.1 Å². The summed E-state index contributed by atoms with van der Waals surface area (Å²) in [6.07, 6.45) is -0.552. The van der Waals surface area contributed by atoms with Crippen molar-refractivity contribution in [2.75, 3.05) is 11.8 Å². The highest BCUT2D eigenvalue weighted by Crippen LogP contribution is 2.25. The number of halogens is 1. The predicted molar refractivity (Wildman–Crippen MR) is 78.1 cm³/mol. The van der Waals surface area contributed by atoms with Crippen molar-refractivity contribution in [1.29, 1.82) is 0 Å². The molecule has 96 valence electrons. The summed E-state index contributed by atoms with van der Waals surface area (Å²) in [5.74, 6) is 0. The van der Waals surface area contributed by atoms with Crippen LogP contribution in [0, 0.1) is 0 Å². The fraction of sp³-hybridized carbons (Fsp3) is 0.357. The van der Waals surface area contributed by atoms with Crippen LogP contribution in [-0.4, -0.2) is 17.5 Å². The lowest BCUT2D eigenvalue weighted by Gasteiger charge is -2.16. The molecule has 1 atom stereocenters. The molecule has 4 heteroatoms. The Balaban J connectivity index is 2.21. The molecule has 0 radical (unpaired) electrons. The van der Waals surface area contributed by atoms with E-state index in [1.54, 1.807) is 31.3 Å². The largest absolute Gasteiger partial charge is 0.382 e. The molecular formula is C14H18ClN3. The average molecular weight is 268 g/mol. The van der Waals surface area contributed by atoms with E-state index in [0.29, 0.717) is 5.02 Å². The standard InChI is InChI=1S/C14H18ClN3/c1-10(3-2-7-16)18-13-6-8-17-14-9-11(15)4-5-12(13)14/h4-6,8-10H,2-3,7,16H2,1H3,(H,17,18)/i2D2,7D2. The number of rotatable bonds is 5. The zero-order valence-corrected chi connectivity index (χ0v) is 10.8. The highest BCUT2D eigenvalue weighted by molar-refractivity contribution is 6.31. The lowest BCUT2D eigenvalue weighted by Crippen LogP contribution is -2.16. The molecule has 3 nitrogen and oxygen atoms in total. The van der Waals surface area contributed by atoms with Crippen molar-refractivity contribution in [3.63, 3.8) is 0 Å². The summed E-state index contributed by atoms with van der Waals surface area (Å²) in [5.41, 5.74) is 6.80. The number of pyridine rings is 1. The molecule has 0 aliphatic carbocycles. The fourth-order valence-electron chi connectivity index (χ4n) is 1.78. The van der Waals surface area contributed by atoms with Crippen LogP contribution in [0.5, 0.6) is 0 Å². The normalized spacial score (nSPS) is 17.5. The van der Waals surface area contributed by atoms with Gasteiger partial charge in [0.25, 0.3) is 0 Å².